The van der Waals surface area contributed by atoms with Gasteiger partial charge in [-0.05, 0) is 25.0 Å². The molecule has 2 heterocycles. The van der Waals surface area contributed by atoms with Crippen LogP contribution in [0.5, 0.6) is 11.5 Å². The fraction of sp³-hybridized carbons (Fsp3) is 0.353. The van der Waals surface area contributed by atoms with Gasteiger partial charge in [0.05, 0.1) is 19.9 Å². The highest BCUT2D eigenvalue weighted by atomic mass is 19.4. The van der Waals surface area contributed by atoms with E-state index >= 15 is 0 Å². The summed E-state index contributed by atoms with van der Waals surface area (Å²) in [5.74, 6) is -0.160. The second kappa shape index (κ2) is 6.29. The third-order valence-electron chi connectivity index (χ3n) is 4.21. The van der Waals surface area contributed by atoms with Crippen LogP contribution in [-0.4, -0.2) is 39.8 Å². The van der Waals surface area contributed by atoms with Crippen LogP contribution in [0, 0.1) is 0 Å². The average Bonchev–Trinajstić information content (AvgIpc) is 3.36. The van der Waals surface area contributed by atoms with Crippen LogP contribution < -0.4 is 14.8 Å². The summed E-state index contributed by atoms with van der Waals surface area (Å²) < 4.78 is 51.9. The van der Waals surface area contributed by atoms with Gasteiger partial charge in [-0.1, -0.05) is 0 Å². The van der Waals surface area contributed by atoms with Gasteiger partial charge in [0.15, 0.2) is 17.0 Å². The van der Waals surface area contributed by atoms with E-state index < -0.39 is 12.0 Å². The van der Waals surface area contributed by atoms with E-state index in [1.54, 1.807) is 18.2 Å². The van der Waals surface area contributed by atoms with Crippen molar-refractivity contribution in [3.63, 3.8) is 0 Å². The van der Waals surface area contributed by atoms with Crippen LogP contribution in [0.2, 0.25) is 0 Å². The number of alkyl halides is 3. The molecule has 0 aliphatic heterocycles. The topological polar surface area (TPSA) is 74.1 Å². The normalized spacial score (nSPS) is 14.4. The summed E-state index contributed by atoms with van der Waals surface area (Å²) >= 11 is 0. The third-order valence-corrected chi connectivity index (χ3v) is 4.21. The standard InChI is InChI=1S/C17H16F3N5O2/c1-26-10-5-6-11(12(7-10)27-2)25-8-21-13-14(22-9-3-4-9)23-16(17(18,19)20)24-15(13)25/h5-9H,3-4H2,1-2H3,(H,22,23,24). The molecule has 4 rings (SSSR count). The van der Waals surface area contributed by atoms with Crippen LogP contribution in [0.15, 0.2) is 24.5 Å². The molecule has 1 fully saturated rings. The number of nitrogens with zero attached hydrogens (tertiary/aromatic N) is 4. The first kappa shape index (κ1) is 17.4. The second-order valence-electron chi connectivity index (χ2n) is 6.14. The van der Waals surface area contributed by atoms with Crippen LogP contribution in [0.1, 0.15) is 18.7 Å². The lowest BCUT2D eigenvalue weighted by Crippen LogP contribution is -2.15. The number of nitrogens with one attached hydrogen (secondary N) is 1. The van der Waals surface area contributed by atoms with E-state index in [2.05, 4.69) is 20.3 Å². The van der Waals surface area contributed by atoms with Crippen LogP contribution in [0.25, 0.3) is 16.9 Å². The summed E-state index contributed by atoms with van der Waals surface area (Å²) in [6, 6.07) is 5.10. The van der Waals surface area contributed by atoms with E-state index in [9.17, 15) is 13.2 Å². The van der Waals surface area contributed by atoms with Gasteiger partial charge in [-0.2, -0.15) is 13.2 Å². The Morgan fingerprint density at radius 3 is 2.56 bits per heavy atom. The number of fused-ring (bicyclic) bond motifs is 1. The number of benzene rings is 1. The number of halogens is 3. The lowest BCUT2D eigenvalue weighted by Gasteiger charge is -2.13. The Morgan fingerprint density at radius 1 is 1.15 bits per heavy atom. The maximum Gasteiger partial charge on any atom is 0.451 e. The molecular formula is C17H16F3N5O2. The van der Waals surface area contributed by atoms with Crippen LogP contribution in [0.3, 0.4) is 0 Å². The molecule has 1 aromatic carbocycles. The first-order valence-corrected chi connectivity index (χ1v) is 8.22. The molecule has 2 aromatic heterocycles. The summed E-state index contributed by atoms with van der Waals surface area (Å²) in [5, 5.41) is 3.00. The Balaban J connectivity index is 1.92. The highest BCUT2D eigenvalue weighted by Gasteiger charge is 2.37. The van der Waals surface area contributed by atoms with E-state index in [0.717, 1.165) is 12.8 Å². The summed E-state index contributed by atoms with van der Waals surface area (Å²) in [7, 11) is 2.98. The number of hydrogen-bond acceptors (Lipinski definition) is 6. The number of rotatable bonds is 5. The minimum absolute atomic E-state index is 0.0453. The highest BCUT2D eigenvalue weighted by molar-refractivity contribution is 5.85. The number of imidazole rings is 1. The zero-order chi connectivity index (χ0) is 19.2. The fourth-order valence-corrected chi connectivity index (χ4v) is 2.71. The summed E-state index contributed by atoms with van der Waals surface area (Å²) in [4.78, 5) is 11.6. The Hall–Kier alpha value is -3.04. The molecular weight excluding hydrogens is 363 g/mol. The van der Waals surface area contributed by atoms with Crippen molar-refractivity contribution in [1.82, 2.24) is 19.5 Å². The molecule has 3 aromatic rings. The number of methoxy groups -OCH3 is 2. The van der Waals surface area contributed by atoms with Crippen molar-refractivity contribution < 1.29 is 22.6 Å². The van der Waals surface area contributed by atoms with Gasteiger partial charge >= 0.3 is 6.18 Å². The Bertz CT molecular complexity index is 998. The van der Waals surface area contributed by atoms with Crippen molar-refractivity contribution in [2.24, 2.45) is 0 Å². The Morgan fingerprint density at radius 2 is 1.93 bits per heavy atom. The molecule has 1 aliphatic rings. The lowest BCUT2D eigenvalue weighted by molar-refractivity contribution is -0.144. The van der Waals surface area contributed by atoms with Crippen molar-refractivity contribution in [3.8, 4) is 17.2 Å². The summed E-state index contributed by atoms with van der Waals surface area (Å²) in [6.45, 7) is 0. The van der Waals surface area contributed by atoms with Crippen molar-refractivity contribution in [3.05, 3.63) is 30.4 Å². The largest absolute Gasteiger partial charge is 0.497 e. The molecule has 0 bridgehead atoms. The van der Waals surface area contributed by atoms with Crippen LogP contribution in [0.4, 0.5) is 19.0 Å². The molecule has 0 amide bonds. The number of aromatic nitrogens is 4. The van der Waals surface area contributed by atoms with Crippen molar-refractivity contribution >= 4 is 17.0 Å². The maximum atomic E-state index is 13.3. The highest BCUT2D eigenvalue weighted by Crippen LogP contribution is 2.35. The monoisotopic (exact) mass is 379 g/mol. The molecule has 0 unspecified atom stereocenters. The molecule has 1 aliphatic carbocycles. The molecule has 10 heteroatoms. The van der Waals surface area contributed by atoms with E-state index in [0.29, 0.717) is 17.2 Å². The maximum absolute atomic E-state index is 13.3. The Labute approximate surface area is 152 Å². The quantitative estimate of drug-likeness (QED) is 0.732. The van der Waals surface area contributed by atoms with E-state index in [1.807, 2.05) is 0 Å². The fourth-order valence-electron chi connectivity index (χ4n) is 2.71. The molecule has 0 radical (unpaired) electrons. The van der Waals surface area contributed by atoms with Gasteiger partial charge in [0.25, 0.3) is 0 Å². The minimum atomic E-state index is -4.67. The number of anilines is 1. The molecule has 0 spiro atoms. The van der Waals surface area contributed by atoms with E-state index in [1.165, 1.54) is 25.1 Å². The number of ether oxygens (including phenoxy) is 2. The second-order valence-corrected chi connectivity index (χ2v) is 6.14. The first-order valence-electron chi connectivity index (χ1n) is 8.22. The molecule has 0 atom stereocenters. The predicted octanol–water partition coefficient (Wildman–Crippen LogP) is 3.43. The zero-order valence-corrected chi connectivity index (χ0v) is 14.5. The first-order chi connectivity index (χ1) is 12.9. The SMILES string of the molecule is COc1ccc(-n2cnc3c(NC4CC4)nc(C(F)(F)F)nc32)c(OC)c1. The summed E-state index contributed by atoms with van der Waals surface area (Å²) in [5.41, 5.74) is 0.807. The lowest BCUT2D eigenvalue weighted by atomic mass is 10.2. The van der Waals surface area contributed by atoms with Crippen molar-refractivity contribution in [2.75, 3.05) is 19.5 Å². The molecule has 27 heavy (non-hydrogen) atoms. The molecule has 1 N–H and O–H groups in total. The van der Waals surface area contributed by atoms with E-state index in [-0.39, 0.29) is 23.0 Å². The van der Waals surface area contributed by atoms with Crippen molar-refractivity contribution in [2.45, 2.75) is 25.1 Å². The smallest absolute Gasteiger partial charge is 0.451 e. The molecule has 0 saturated heterocycles. The average molecular weight is 379 g/mol. The van der Waals surface area contributed by atoms with Gasteiger partial charge in [0.1, 0.15) is 17.8 Å². The van der Waals surface area contributed by atoms with Gasteiger partial charge in [-0.25, -0.2) is 15.0 Å². The molecule has 1 saturated carbocycles. The van der Waals surface area contributed by atoms with Gasteiger partial charge in [-0.3, -0.25) is 4.57 Å². The molecule has 142 valence electrons. The number of hydrogen-bond donors (Lipinski definition) is 1. The summed E-state index contributed by atoms with van der Waals surface area (Å²) in [6.07, 6.45) is -1.49. The van der Waals surface area contributed by atoms with Gasteiger partial charge in [-0.15, -0.1) is 0 Å². The van der Waals surface area contributed by atoms with Gasteiger partial charge in [0, 0.05) is 12.1 Å². The van der Waals surface area contributed by atoms with Gasteiger partial charge < -0.3 is 14.8 Å². The third kappa shape index (κ3) is 3.22. The Kier molecular flexibility index (Phi) is 4.05. The minimum Gasteiger partial charge on any atom is -0.497 e. The van der Waals surface area contributed by atoms with Crippen molar-refractivity contribution in [1.29, 1.82) is 0 Å². The predicted molar refractivity (Wildman–Crippen MR) is 91.4 cm³/mol. The van der Waals surface area contributed by atoms with Crippen LogP contribution >= 0.6 is 0 Å². The van der Waals surface area contributed by atoms with E-state index in [4.69, 9.17) is 9.47 Å². The van der Waals surface area contributed by atoms with Gasteiger partial charge in [0.2, 0.25) is 5.82 Å². The zero-order valence-electron chi connectivity index (χ0n) is 14.5. The molecule has 7 nitrogen and oxygen atoms in total. The van der Waals surface area contributed by atoms with Crippen LogP contribution in [-0.2, 0) is 6.18 Å².